The van der Waals surface area contributed by atoms with Crippen LogP contribution < -0.4 is 4.90 Å². The van der Waals surface area contributed by atoms with Crippen molar-refractivity contribution in [3.8, 4) is 0 Å². The molecule has 2 amide bonds. The highest BCUT2D eigenvalue weighted by atomic mass is 16.2. The second-order valence-corrected chi connectivity index (χ2v) is 12.6. The fourth-order valence-electron chi connectivity index (χ4n) is 6.72. The molecule has 2 bridgehead atoms. The van der Waals surface area contributed by atoms with E-state index >= 15 is 0 Å². The largest absolute Gasteiger partial charge is 0.337 e. The van der Waals surface area contributed by atoms with Gasteiger partial charge in [0, 0.05) is 81.1 Å². The van der Waals surface area contributed by atoms with Crippen LogP contribution in [-0.4, -0.2) is 56.3 Å². The summed E-state index contributed by atoms with van der Waals surface area (Å²) in [7, 11) is 0. The first-order valence-corrected chi connectivity index (χ1v) is 15.8. The molecule has 2 aliphatic heterocycles. The fourth-order valence-corrected chi connectivity index (χ4v) is 6.72. The summed E-state index contributed by atoms with van der Waals surface area (Å²) in [6, 6.07) is 19.5. The average Bonchev–Trinajstić information content (AvgIpc) is 3.46. The van der Waals surface area contributed by atoms with Crippen LogP contribution in [0.5, 0.6) is 0 Å². The minimum absolute atomic E-state index is 0.106. The molecule has 2 atom stereocenters. The zero-order valence-electron chi connectivity index (χ0n) is 25.8. The van der Waals surface area contributed by atoms with E-state index < -0.39 is 0 Å². The van der Waals surface area contributed by atoms with E-state index in [4.69, 9.17) is 0 Å². The maximum Gasteiger partial charge on any atom is 0.229 e. The summed E-state index contributed by atoms with van der Waals surface area (Å²) in [5.41, 5.74) is 3.27. The van der Waals surface area contributed by atoms with Crippen molar-refractivity contribution >= 4 is 17.5 Å². The van der Waals surface area contributed by atoms with E-state index in [1.54, 1.807) is 0 Å². The zero-order chi connectivity index (χ0) is 29.6. The van der Waals surface area contributed by atoms with Gasteiger partial charge in [-0.3, -0.25) is 14.5 Å². The molecule has 7 nitrogen and oxygen atoms in total. The zero-order valence-corrected chi connectivity index (χ0v) is 25.8. The quantitative estimate of drug-likeness (QED) is 0.338. The molecule has 1 fully saturated rings. The molecule has 0 spiro atoms. The van der Waals surface area contributed by atoms with E-state index in [2.05, 4.69) is 75.7 Å². The molecular weight excluding hydrogens is 522 g/mol. The van der Waals surface area contributed by atoms with Crippen molar-refractivity contribution in [2.75, 3.05) is 18.0 Å². The topological polar surface area (TPSA) is 61.7 Å². The number of hydrogen-bond donors (Lipinski definition) is 0. The summed E-state index contributed by atoms with van der Waals surface area (Å²) in [4.78, 5) is 38.9. The number of rotatable bonds is 7. The first-order valence-electron chi connectivity index (χ1n) is 15.8. The smallest absolute Gasteiger partial charge is 0.229 e. The van der Waals surface area contributed by atoms with Crippen molar-refractivity contribution in [1.82, 2.24) is 19.4 Å². The van der Waals surface area contributed by atoms with Gasteiger partial charge in [-0.25, -0.2) is 4.98 Å². The molecule has 2 unspecified atom stereocenters. The highest BCUT2D eigenvalue weighted by Gasteiger charge is 2.35. The van der Waals surface area contributed by atoms with Crippen LogP contribution in [0.4, 0.5) is 5.69 Å². The molecule has 5 rings (SSSR count). The first-order chi connectivity index (χ1) is 20.3. The van der Waals surface area contributed by atoms with Crippen LogP contribution in [0.1, 0.15) is 82.7 Å². The van der Waals surface area contributed by atoms with Gasteiger partial charge in [0.15, 0.2) is 0 Å². The van der Waals surface area contributed by atoms with Gasteiger partial charge >= 0.3 is 0 Å². The fraction of sp³-hybridized carbons (Fsp3) is 0.514. The lowest BCUT2D eigenvalue weighted by Gasteiger charge is -2.44. The number of carbonyl (C=O) groups is 2. The molecule has 1 saturated heterocycles. The van der Waals surface area contributed by atoms with Crippen LogP contribution in [0.2, 0.25) is 0 Å². The van der Waals surface area contributed by atoms with Gasteiger partial charge in [-0.15, -0.1) is 0 Å². The van der Waals surface area contributed by atoms with E-state index in [9.17, 15) is 9.59 Å². The van der Waals surface area contributed by atoms with E-state index in [1.807, 2.05) is 43.3 Å². The highest BCUT2D eigenvalue weighted by Crippen LogP contribution is 2.32. The summed E-state index contributed by atoms with van der Waals surface area (Å²) < 4.78 is 2.12. The van der Waals surface area contributed by atoms with E-state index in [0.29, 0.717) is 44.6 Å². The van der Waals surface area contributed by atoms with E-state index in [0.717, 1.165) is 49.3 Å². The van der Waals surface area contributed by atoms with Gasteiger partial charge in [0.1, 0.15) is 5.82 Å². The van der Waals surface area contributed by atoms with E-state index in [-0.39, 0.29) is 23.8 Å². The summed E-state index contributed by atoms with van der Waals surface area (Å²) in [6.45, 7) is 11.6. The standard InChI is InChI=1S/C35H47N5O2/c1-26(2)34-36-19-22-37(34)20-18-33(41)38-24-29-13-8-9-16-32(29)39(35(42)27(3)4)21-17-30-14-10-15-31(25-38)40(30)23-28-11-6-5-7-12-28/h5-9,11-13,16,19,22,26-27,30-31H,10,14-15,17-18,20-21,23-25H2,1-4H3. The maximum atomic E-state index is 14.1. The number of aromatic nitrogens is 2. The molecule has 3 heterocycles. The van der Waals surface area contributed by atoms with Crippen molar-refractivity contribution in [2.24, 2.45) is 5.92 Å². The summed E-state index contributed by atoms with van der Waals surface area (Å²) in [5.74, 6) is 1.50. The average molecular weight is 570 g/mol. The van der Waals surface area contributed by atoms with Gasteiger partial charge in [-0.2, -0.15) is 0 Å². The van der Waals surface area contributed by atoms with Crippen LogP contribution in [0.15, 0.2) is 67.0 Å². The third kappa shape index (κ3) is 6.95. The van der Waals surface area contributed by atoms with Crippen LogP contribution in [0.25, 0.3) is 0 Å². The molecule has 224 valence electrons. The molecule has 3 aromatic rings. The Balaban J connectivity index is 1.49. The second-order valence-electron chi connectivity index (χ2n) is 12.6. The van der Waals surface area contributed by atoms with Crippen molar-refractivity contribution in [1.29, 1.82) is 0 Å². The highest BCUT2D eigenvalue weighted by molar-refractivity contribution is 5.95. The van der Waals surface area contributed by atoms with Gasteiger partial charge in [0.2, 0.25) is 11.8 Å². The van der Waals surface area contributed by atoms with Crippen molar-refractivity contribution in [3.63, 3.8) is 0 Å². The summed E-state index contributed by atoms with van der Waals surface area (Å²) in [6.07, 6.45) is 8.47. The molecule has 0 aliphatic carbocycles. The third-order valence-corrected chi connectivity index (χ3v) is 8.92. The van der Waals surface area contributed by atoms with Gasteiger partial charge in [-0.1, -0.05) is 82.6 Å². The lowest BCUT2D eigenvalue weighted by Crippen LogP contribution is -2.52. The van der Waals surface area contributed by atoms with Gasteiger partial charge in [0.05, 0.1) is 0 Å². The third-order valence-electron chi connectivity index (χ3n) is 8.92. The molecule has 42 heavy (non-hydrogen) atoms. The Kier molecular flexibility index (Phi) is 9.78. The number of aryl methyl sites for hydroxylation is 1. The van der Waals surface area contributed by atoms with Gasteiger partial charge in [-0.05, 0) is 36.5 Å². The lowest BCUT2D eigenvalue weighted by molar-refractivity contribution is -0.133. The second kappa shape index (κ2) is 13.7. The molecule has 1 aromatic heterocycles. The Morgan fingerprint density at radius 1 is 0.929 bits per heavy atom. The number of para-hydroxylation sites is 1. The Labute approximate surface area is 251 Å². The predicted octanol–water partition coefficient (Wildman–Crippen LogP) is 6.24. The van der Waals surface area contributed by atoms with Gasteiger partial charge < -0.3 is 14.4 Å². The van der Waals surface area contributed by atoms with Crippen LogP contribution in [-0.2, 0) is 29.2 Å². The van der Waals surface area contributed by atoms with Crippen molar-refractivity contribution < 1.29 is 9.59 Å². The molecule has 0 N–H and O–H groups in total. The normalized spacial score (nSPS) is 20.0. The van der Waals surface area contributed by atoms with Crippen LogP contribution in [0.3, 0.4) is 0 Å². The van der Waals surface area contributed by atoms with Crippen LogP contribution in [0, 0.1) is 5.92 Å². The van der Waals surface area contributed by atoms with Crippen molar-refractivity contribution in [2.45, 2.75) is 97.4 Å². The number of anilines is 1. The number of benzene rings is 2. The molecular formula is C35H47N5O2. The minimum Gasteiger partial charge on any atom is -0.337 e. The number of imidazole rings is 1. The molecule has 0 saturated carbocycles. The first kappa shape index (κ1) is 30.0. The van der Waals surface area contributed by atoms with Crippen molar-refractivity contribution in [3.05, 3.63) is 83.9 Å². The van der Waals surface area contributed by atoms with Gasteiger partial charge in [0.25, 0.3) is 0 Å². The monoisotopic (exact) mass is 569 g/mol. The number of nitrogens with zero attached hydrogens (tertiary/aromatic N) is 5. The Morgan fingerprint density at radius 3 is 2.43 bits per heavy atom. The summed E-state index contributed by atoms with van der Waals surface area (Å²) >= 11 is 0. The van der Waals surface area contributed by atoms with E-state index in [1.165, 1.54) is 5.56 Å². The Morgan fingerprint density at radius 2 is 1.67 bits per heavy atom. The Bertz CT molecular complexity index is 1330. The number of carbonyl (C=O) groups excluding carboxylic acids is 2. The maximum absolute atomic E-state index is 14.1. The Hall–Kier alpha value is -3.45. The number of amides is 2. The lowest BCUT2D eigenvalue weighted by atomic mass is 9.92. The van der Waals surface area contributed by atoms with Crippen LogP contribution >= 0.6 is 0 Å². The molecule has 2 aliphatic rings. The summed E-state index contributed by atoms with van der Waals surface area (Å²) in [5, 5.41) is 0. The minimum atomic E-state index is -0.106. The molecule has 0 radical (unpaired) electrons. The SMILES string of the molecule is CC(C)C(=O)N1CCC2CCCC(CN(C(=O)CCn3ccnc3C(C)C)Cc3ccccc31)N2Cc1ccccc1. The number of piperidine rings is 1. The predicted molar refractivity (Wildman–Crippen MR) is 168 cm³/mol. The molecule has 2 aromatic carbocycles. The number of fused-ring (bicyclic) bond motifs is 3. The number of hydrogen-bond acceptors (Lipinski definition) is 4. The molecule has 7 heteroatoms.